The highest BCUT2D eigenvalue weighted by molar-refractivity contribution is 6.35. The van der Waals surface area contributed by atoms with Crippen molar-refractivity contribution in [1.29, 1.82) is 0 Å². The van der Waals surface area contributed by atoms with Gasteiger partial charge in [-0.05, 0) is 26.7 Å². The van der Waals surface area contributed by atoms with E-state index in [0.29, 0.717) is 38.8 Å². The Morgan fingerprint density at radius 3 is 1.14 bits per heavy atom. The van der Waals surface area contributed by atoms with Crippen molar-refractivity contribution >= 4 is 23.4 Å². The van der Waals surface area contributed by atoms with Crippen LogP contribution in [0.4, 0.5) is 0 Å². The Balaban J connectivity index is -0.000000826. The summed E-state index contributed by atoms with van der Waals surface area (Å²) in [7, 11) is 0. The van der Waals surface area contributed by atoms with E-state index in [1.807, 2.05) is 27.7 Å². The zero-order valence-electron chi connectivity index (χ0n) is 14.9. The van der Waals surface area contributed by atoms with Crippen molar-refractivity contribution in [2.75, 3.05) is 13.1 Å². The molecule has 0 bridgehead atoms. The van der Waals surface area contributed by atoms with Crippen molar-refractivity contribution in [3.8, 4) is 0 Å². The maximum absolute atomic E-state index is 11.2. The Kier molecular flexibility index (Phi) is 22.1. The fraction of sp³-hybridized carbons (Fsp3) is 0.750. The molecule has 0 atom stereocenters. The Morgan fingerprint density at radius 2 is 0.909 bits per heavy atom. The highest BCUT2D eigenvalue weighted by Crippen LogP contribution is 1.89. The molecule has 6 nitrogen and oxygen atoms in total. The summed E-state index contributed by atoms with van der Waals surface area (Å²) in [5.41, 5.74) is 0. The first-order valence-corrected chi connectivity index (χ1v) is 7.98. The van der Waals surface area contributed by atoms with E-state index < -0.39 is 11.8 Å². The minimum absolute atomic E-state index is 0.0536. The maximum Gasteiger partial charge on any atom is 0.309 e. The lowest BCUT2D eigenvalue weighted by Gasteiger charge is -2.05. The lowest BCUT2D eigenvalue weighted by atomic mass is 10.2. The third-order valence-corrected chi connectivity index (χ3v) is 2.19. The Labute approximate surface area is 134 Å². The van der Waals surface area contributed by atoms with Crippen molar-refractivity contribution in [2.24, 2.45) is 0 Å². The number of carbonyl (C=O) groups excluding carboxylic acids is 4. The largest absolute Gasteiger partial charge is 0.348 e. The lowest BCUT2D eigenvalue weighted by molar-refractivity contribution is -0.139. The van der Waals surface area contributed by atoms with Gasteiger partial charge in [-0.25, -0.2) is 0 Å². The molecule has 2 N–H and O–H groups in total. The summed E-state index contributed by atoms with van der Waals surface area (Å²) in [5, 5.41) is 4.83. The van der Waals surface area contributed by atoms with Gasteiger partial charge in [-0.2, -0.15) is 0 Å². The minimum Gasteiger partial charge on any atom is -0.348 e. The monoisotopic (exact) mass is 316 g/mol. The second-order valence-corrected chi connectivity index (χ2v) is 4.12. The molecular weight excluding hydrogens is 284 g/mol. The van der Waals surface area contributed by atoms with Crippen LogP contribution in [0, 0.1) is 0 Å². The number of carbonyl (C=O) groups is 4. The highest BCUT2D eigenvalue weighted by atomic mass is 16.2. The van der Waals surface area contributed by atoms with Gasteiger partial charge >= 0.3 is 11.8 Å². The maximum atomic E-state index is 11.2. The van der Waals surface area contributed by atoms with Gasteiger partial charge in [-0.15, -0.1) is 0 Å². The fourth-order valence-corrected chi connectivity index (χ4v) is 1.24. The van der Waals surface area contributed by atoms with Gasteiger partial charge < -0.3 is 20.2 Å². The summed E-state index contributed by atoms with van der Waals surface area (Å²) >= 11 is 0. The number of ketones is 2. The number of rotatable bonds is 8. The molecule has 6 heteroatoms. The second-order valence-electron chi connectivity index (χ2n) is 4.12. The molecule has 0 aromatic carbocycles. The molecule has 0 aromatic rings. The lowest BCUT2D eigenvalue weighted by Crippen LogP contribution is -2.40. The molecule has 0 fully saturated rings. The van der Waals surface area contributed by atoms with Gasteiger partial charge in [-0.1, -0.05) is 27.7 Å². The van der Waals surface area contributed by atoms with Crippen molar-refractivity contribution in [3.05, 3.63) is 0 Å². The molecule has 0 heterocycles. The first-order chi connectivity index (χ1) is 10.4. The summed E-state index contributed by atoms with van der Waals surface area (Å²) in [4.78, 5) is 43.7. The minimum atomic E-state index is -0.707. The molecule has 0 spiro atoms. The van der Waals surface area contributed by atoms with Crippen molar-refractivity contribution in [2.45, 2.75) is 67.2 Å². The van der Waals surface area contributed by atoms with Crippen LogP contribution in [0.3, 0.4) is 0 Å². The molecule has 130 valence electrons. The SMILES string of the molecule is CC.CC.CC(=O)CCCNC(=O)C(=O)NCCCC(C)=O. The van der Waals surface area contributed by atoms with Gasteiger partial charge in [0.15, 0.2) is 0 Å². The molecule has 0 saturated heterocycles. The summed E-state index contributed by atoms with van der Waals surface area (Å²) in [6.07, 6.45) is 1.83. The summed E-state index contributed by atoms with van der Waals surface area (Å²) in [5.74, 6) is -1.31. The van der Waals surface area contributed by atoms with E-state index in [9.17, 15) is 19.2 Å². The van der Waals surface area contributed by atoms with E-state index in [2.05, 4.69) is 10.6 Å². The van der Waals surface area contributed by atoms with E-state index >= 15 is 0 Å². The average Bonchev–Trinajstić information content (AvgIpc) is 2.51. The number of nitrogens with one attached hydrogen (secondary N) is 2. The van der Waals surface area contributed by atoms with Crippen molar-refractivity contribution in [3.63, 3.8) is 0 Å². The van der Waals surface area contributed by atoms with Crippen LogP contribution in [0.25, 0.3) is 0 Å². The number of hydrogen-bond acceptors (Lipinski definition) is 4. The second kappa shape index (κ2) is 19.3. The van der Waals surface area contributed by atoms with Gasteiger partial charge in [-0.3, -0.25) is 9.59 Å². The van der Waals surface area contributed by atoms with E-state index in [4.69, 9.17) is 0 Å². The van der Waals surface area contributed by atoms with E-state index in [-0.39, 0.29) is 11.6 Å². The molecule has 22 heavy (non-hydrogen) atoms. The molecule has 0 aliphatic heterocycles. The van der Waals surface area contributed by atoms with Crippen LogP contribution in [-0.4, -0.2) is 36.5 Å². The normalized spacial score (nSPS) is 8.45. The predicted octanol–water partition coefficient (Wildman–Crippen LogP) is 2.01. The van der Waals surface area contributed by atoms with Crippen molar-refractivity contribution < 1.29 is 19.2 Å². The molecule has 0 radical (unpaired) electrons. The van der Waals surface area contributed by atoms with Gasteiger partial charge in [0, 0.05) is 25.9 Å². The first kappa shape index (κ1) is 25.2. The molecule has 0 rings (SSSR count). The van der Waals surface area contributed by atoms with Crippen LogP contribution < -0.4 is 10.6 Å². The number of hydrogen-bond donors (Lipinski definition) is 2. The Bertz CT molecular complexity index is 296. The molecular formula is C16H32N2O4. The van der Waals surface area contributed by atoms with Crippen LogP contribution >= 0.6 is 0 Å². The van der Waals surface area contributed by atoms with E-state index in [0.717, 1.165) is 0 Å². The van der Waals surface area contributed by atoms with Crippen LogP contribution in [-0.2, 0) is 19.2 Å². The summed E-state index contributed by atoms with van der Waals surface area (Å²) < 4.78 is 0. The summed E-state index contributed by atoms with van der Waals surface area (Å²) in [6, 6.07) is 0. The highest BCUT2D eigenvalue weighted by Gasteiger charge is 2.11. The fourth-order valence-electron chi connectivity index (χ4n) is 1.24. The zero-order valence-corrected chi connectivity index (χ0v) is 14.9. The van der Waals surface area contributed by atoms with Crippen molar-refractivity contribution in [1.82, 2.24) is 10.6 Å². The Morgan fingerprint density at radius 1 is 0.636 bits per heavy atom. The third-order valence-electron chi connectivity index (χ3n) is 2.19. The molecule has 0 saturated carbocycles. The van der Waals surface area contributed by atoms with Gasteiger partial charge in [0.1, 0.15) is 11.6 Å². The average molecular weight is 316 g/mol. The molecule has 0 aliphatic carbocycles. The van der Waals surface area contributed by atoms with Gasteiger partial charge in [0.05, 0.1) is 0 Å². The number of Topliss-reactive ketones (excluding diaryl/α,β-unsaturated/α-hetero) is 2. The molecule has 0 unspecified atom stereocenters. The standard InChI is InChI=1S/C12H20N2O4.2C2H6/c1-9(15)5-3-7-13-11(17)12(18)14-8-4-6-10(2)16;2*1-2/h3-8H2,1-2H3,(H,13,17)(H,14,18);2*1-2H3. The van der Waals surface area contributed by atoms with E-state index in [1.165, 1.54) is 13.8 Å². The first-order valence-electron chi connectivity index (χ1n) is 7.98. The smallest absolute Gasteiger partial charge is 0.309 e. The Hall–Kier alpha value is -1.72. The quantitative estimate of drug-likeness (QED) is 0.529. The summed E-state index contributed by atoms with van der Waals surface area (Å²) in [6.45, 7) is 11.6. The number of amides is 2. The van der Waals surface area contributed by atoms with Crippen LogP contribution in [0.2, 0.25) is 0 Å². The van der Waals surface area contributed by atoms with Gasteiger partial charge in [0.2, 0.25) is 0 Å². The topological polar surface area (TPSA) is 92.3 Å². The van der Waals surface area contributed by atoms with Crippen LogP contribution in [0.15, 0.2) is 0 Å². The predicted molar refractivity (Wildman–Crippen MR) is 88.5 cm³/mol. The van der Waals surface area contributed by atoms with Crippen LogP contribution in [0.1, 0.15) is 67.2 Å². The molecule has 0 aromatic heterocycles. The van der Waals surface area contributed by atoms with Gasteiger partial charge in [0.25, 0.3) is 0 Å². The third kappa shape index (κ3) is 20.6. The van der Waals surface area contributed by atoms with Crippen LogP contribution in [0.5, 0.6) is 0 Å². The molecule has 2 amide bonds. The molecule has 0 aliphatic rings. The zero-order chi connectivity index (χ0) is 18.0. The van der Waals surface area contributed by atoms with E-state index in [1.54, 1.807) is 0 Å².